The Balaban J connectivity index is 1.55. The summed E-state index contributed by atoms with van der Waals surface area (Å²) in [6.45, 7) is 13.5. The molecule has 1 heterocycles. The third kappa shape index (κ3) is 5.36. The van der Waals surface area contributed by atoms with E-state index in [2.05, 4.69) is 143 Å². The van der Waals surface area contributed by atoms with Gasteiger partial charge in [0.2, 0.25) is 0 Å². The molecule has 244 valence electrons. The Labute approximate surface area is 294 Å². The zero-order chi connectivity index (χ0) is 33.8. The summed E-state index contributed by atoms with van der Waals surface area (Å²) in [5.74, 6) is 1.79. The number of furan rings is 1. The zero-order valence-electron chi connectivity index (χ0n) is 28.8. The van der Waals surface area contributed by atoms with Crippen molar-refractivity contribution in [3.63, 3.8) is 0 Å². The summed E-state index contributed by atoms with van der Waals surface area (Å²) in [4.78, 5) is 0. The number of hydrogen-bond donors (Lipinski definition) is 0. The van der Waals surface area contributed by atoms with Gasteiger partial charge in [-0.15, -0.1) is 0 Å². The fourth-order valence-electron chi connectivity index (χ4n) is 8.49. The van der Waals surface area contributed by atoms with Crippen LogP contribution in [0.1, 0.15) is 78.3 Å². The van der Waals surface area contributed by atoms with Gasteiger partial charge >= 0.3 is 297 Å². The fraction of sp³-hybridized carbons (Fsp3) is 0.256. The van der Waals surface area contributed by atoms with E-state index in [0.29, 0.717) is 0 Å². The van der Waals surface area contributed by atoms with Gasteiger partial charge in [-0.05, 0) is 0 Å². The molecule has 0 bridgehead atoms. The molecule has 0 N–H and O–H groups in total. The van der Waals surface area contributed by atoms with E-state index in [4.69, 9.17) is 21.4 Å². The van der Waals surface area contributed by atoms with Gasteiger partial charge in [0.1, 0.15) is 0 Å². The maximum absolute atomic E-state index is 8.80. The van der Waals surface area contributed by atoms with Crippen LogP contribution in [0.5, 0.6) is 0 Å². The van der Waals surface area contributed by atoms with Gasteiger partial charge < -0.3 is 0 Å². The number of rotatable bonds is 8. The van der Waals surface area contributed by atoms with Crippen molar-refractivity contribution in [2.45, 2.75) is 67.3 Å². The van der Waals surface area contributed by atoms with Crippen LogP contribution < -0.4 is 0 Å². The van der Waals surface area contributed by atoms with Crippen LogP contribution in [0.15, 0.2) is 107 Å². The molecule has 0 radical (unpaired) electrons. The Morgan fingerprint density at radius 3 is 1.71 bits per heavy atom. The van der Waals surface area contributed by atoms with Crippen molar-refractivity contribution in [1.29, 1.82) is 0 Å². The molecular weight excluding hydrogens is 723 g/mol. The molecule has 2 aliphatic rings. The molecule has 48 heavy (non-hydrogen) atoms. The molecule has 1 nitrogen and oxygen atoms in total. The molecule has 2 unspecified atom stereocenters. The van der Waals surface area contributed by atoms with Gasteiger partial charge in [0, 0.05) is 0 Å². The van der Waals surface area contributed by atoms with Crippen molar-refractivity contribution in [1.82, 2.24) is 0 Å². The second-order valence-corrected chi connectivity index (χ2v) is 52.9. The number of unbranched alkanes of at least 4 members (excludes halogenated alkanes) is 1. The van der Waals surface area contributed by atoms with E-state index in [-0.39, 0.29) is 7.25 Å². The Hall–Kier alpha value is -2.68. The van der Waals surface area contributed by atoms with Gasteiger partial charge in [0.25, 0.3) is 0 Å². The van der Waals surface area contributed by atoms with Crippen molar-refractivity contribution < 1.29 is 19.4 Å². The van der Waals surface area contributed by atoms with Crippen LogP contribution in [-0.2, 0) is 15.0 Å². The number of aryl methyl sites for hydroxylation is 3. The predicted octanol–water partition coefficient (Wildman–Crippen LogP) is 13.7. The van der Waals surface area contributed by atoms with Gasteiger partial charge in [-0.2, -0.15) is 0 Å². The average Bonchev–Trinajstić information content (AvgIpc) is 3.80. The quantitative estimate of drug-likeness (QED) is 0.143. The number of halogens is 2. The first-order valence-corrected chi connectivity index (χ1v) is 32.6. The Morgan fingerprint density at radius 2 is 1.21 bits per heavy atom. The van der Waals surface area contributed by atoms with Crippen molar-refractivity contribution in [3.05, 3.63) is 148 Å². The van der Waals surface area contributed by atoms with E-state index in [0.717, 1.165) is 36.4 Å². The summed E-state index contributed by atoms with van der Waals surface area (Å²) >= 11 is -5.09. The first-order chi connectivity index (χ1) is 23.0. The van der Waals surface area contributed by atoms with E-state index in [1.807, 2.05) is 6.92 Å². The SMILES string of the molecule is CCCCC1=Cc2c(ccc(C)c2-c2ccccc2)[CH]1[Zr]([Cl])([Cl])([CH]1C(c2ccc(C)o2)=Cc2c1ccc(C)c2-c1ccccc1)=[Si](C)C. The third-order valence-corrected chi connectivity index (χ3v) is 57.3. The van der Waals surface area contributed by atoms with Crippen molar-refractivity contribution in [2.24, 2.45) is 0 Å². The molecule has 5 aromatic rings. The van der Waals surface area contributed by atoms with Crippen LogP contribution in [-0.4, -0.2) is 5.43 Å². The summed E-state index contributed by atoms with van der Waals surface area (Å²) in [7, 11) is 17.6. The summed E-state index contributed by atoms with van der Waals surface area (Å²) in [5, 5.41) is 0. The van der Waals surface area contributed by atoms with Crippen LogP contribution in [0, 0.1) is 20.8 Å². The van der Waals surface area contributed by atoms with E-state index >= 15 is 0 Å². The molecular formula is C43H44Cl2OSiZr. The normalized spacial score (nSPS) is 17.2. The van der Waals surface area contributed by atoms with E-state index in [1.165, 1.54) is 61.2 Å². The summed E-state index contributed by atoms with van der Waals surface area (Å²) in [6, 6.07) is 35.1. The van der Waals surface area contributed by atoms with Gasteiger partial charge in [0.15, 0.2) is 0 Å². The number of fused-ring (bicyclic) bond motifs is 2. The third-order valence-electron chi connectivity index (χ3n) is 10.9. The Kier molecular flexibility index (Phi) is 9.08. The van der Waals surface area contributed by atoms with Gasteiger partial charge in [-0.1, -0.05) is 0 Å². The predicted molar refractivity (Wildman–Crippen MR) is 207 cm³/mol. The van der Waals surface area contributed by atoms with E-state index in [1.54, 1.807) is 0 Å². The second kappa shape index (κ2) is 12.9. The Morgan fingerprint density at radius 1 is 0.667 bits per heavy atom. The zero-order valence-corrected chi connectivity index (χ0v) is 33.8. The van der Waals surface area contributed by atoms with Gasteiger partial charge in [-0.3, -0.25) is 0 Å². The molecule has 0 amide bonds. The van der Waals surface area contributed by atoms with E-state index < -0.39 is 20.4 Å². The standard InChI is InChI=1S/C21H17O.C20H21.C2H6Si.2ClH.Zr/c1-14-8-10-17-12-18(20-11-9-15(2)22-20)13-19(17)21(14)16-6-4-3-5-7-16;1-3-4-8-16-13-18-12-11-15(2)20(19(18)14-16)17-9-6-5-7-10-17;1-3-2;;;/h3-13H,1-2H3;5-7,9-14H,3-4,8H2,1-2H3;1-2H3;2*1H;/q;;;;;+2/p-2. The molecule has 0 fully saturated rings. The number of benzene rings is 4. The average molecular weight is 767 g/mol. The molecule has 2 atom stereocenters. The minimum absolute atomic E-state index is 0.0140. The molecule has 4 aromatic carbocycles. The molecule has 0 aliphatic heterocycles. The first kappa shape index (κ1) is 33.8. The second-order valence-electron chi connectivity index (χ2n) is 14.1. The van der Waals surface area contributed by atoms with Crippen LogP contribution in [0.2, 0.25) is 13.1 Å². The van der Waals surface area contributed by atoms with Crippen molar-refractivity contribution in [2.75, 3.05) is 0 Å². The monoisotopic (exact) mass is 764 g/mol. The van der Waals surface area contributed by atoms with Gasteiger partial charge in [-0.25, -0.2) is 0 Å². The van der Waals surface area contributed by atoms with Crippen LogP contribution >= 0.6 is 17.0 Å². The Bertz CT molecular complexity index is 2180. The molecule has 7 rings (SSSR count). The molecule has 5 heteroatoms. The molecule has 2 aliphatic carbocycles. The van der Waals surface area contributed by atoms with Crippen LogP contribution in [0.3, 0.4) is 0 Å². The topological polar surface area (TPSA) is 13.1 Å². The summed E-state index contributed by atoms with van der Waals surface area (Å²) < 4.78 is 6.39. The number of hydrogen-bond acceptors (Lipinski definition) is 1. The summed E-state index contributed by atoms with van der Waals surface area (Å²) in [5.41, 5.74) is 14.0. The van der Waals surface area contributed by atoms with Crippen LogP contribution in [0.25, 0.3) is 40.0 Å². The minimum atomic E-state index is -5.09. The molecule has 1 aromatic heterocycles. The molecule has 0 saturated carbocycles. The van der Waals surface area contributed by atoms with Crippen LogP contribution in [0.4, 0.5) is 0 Å². The fourth-order valence-corrected chi connectivity index (χ4v) is 36.9. The maximum atomic E-state index is 8.80. The number of allylic oxidation sites excluding steroid dienone is 2. The summed E-state index contributed by atoms with van der Waals surface area (Å²) in [6.07, 6.45) is 8.12. The first-order valence-electron chi connectivity index (χ1n) is 17.3. The molecule has 0 saturated heterocycles. The van der Waals surface area contributed by atoms with E-state index in [9.17, 15) is 0 Å². The van der Waals surface area contributed by atoms with Gasteiger partial charge in [0.05, 0.1) is 0 Å². The molecule has 0 spiro atoms. The van der Waals surface area contributed by atoms with Crippen molar-refractivity contribution in [3.8, 4) is 22.3 Å². The van der Waals surface area contributed by atoms with Crippen molar-refractivity contribution >= 4 is 40.2 Å².